The molecule has 3 heterocycles. The monoisotopic (exact) mass is 381 g/mol. The lowest BCUT2D eigenvalue weighted by Gasteiger charge is -2.14. The van der Waals surface area contributed by atoms with Gasteiger partial charge in [0.2, 0.25) is 0 Å². The maximum atomic E-state index is 11.8. The summed E-state index contributed by atoms with van der Waals surface area (Å²) in [5, 5.41) is 14.3. The number of aromatic nitrogens is 5. The van der Waals surface area contributed by atoms with Gasteiger partial charge in [-0.05, 0) is 45.2 Å². The SMILES string of the molecule is CC(C)NC(=O)O[C@H]1CC[C@@H](c2cc(Nc3ncnc4ncccc34)n[nH]2)C1. The zero-order chi connectivity index (χ0) is 19.5. The smallest absolute Gasteiger partial charge is 0.407 e. The van der Waals surface area contributed by atoms with E-state index < -0.39 is 0 Å². The van der Waals surface area contributed by atoms with Crippen molar-refractivity contribution in [2.24, 2.45) is 0 Å². The van der Waals surface area contributed by atoms with Gasteiger partial charge in [0.15, 0.2) is 11.5 Å². The van der Waals surface area contributed by atoms with E-state index in [2.05, 4.69) is 35.8 Å². The molecule has 28 heavy (non-hydrogen) atoms. The first-order valence-corrected chi connectivity index (χ1v) is 9.43. The molecular formula is C19H23N7O2. The lowest BCUT2D eigenvalue weighted by molar-refractivity contribution is 0.0981. The molecule has 1 amide bonds. The summed E-state index contributed by atoms with van der Waals surface area (Å²) >= 11 is 0. The minimum Gasteiger partial charge on any atom is -0.446 e. The van der Waals surface area contributed by atoms with Crippen LogP contribution in [0.5, 0.6) is 0 Å². The number of pyridine rings is 1. The number of fused-ring (bicyclic) bond motifs is 1. The Morgan fingerprint density at radius 2 is 2.18 bits per heavy atom. The molecule has 1 aliphatic rings. The fourth-order valence-corrected chi connectivity index (χ4v) is 3.48. The molecule has 1 aliphatic carbocycles. The lowest BCUT2D eigenvalue weighted by atomic mass is 10.0. The molecule has 0 radical (unpaired) electrons. The van der Waals surface area contributed by atoms with Crippen molar-refractivity contribution < 1.29 is 9.53 Å². The van der Waals surface area contributed by atoms with Gasteiger partial charge in [-0.25, -0.2) is 19.7 Å². The summed E-state index contributed by atoms with van der Waals surface area (Å²) in [6, 6.07) is 5.81. The van der Waals surface area contributed by atoms with Crippen LogP contribution in [-0.2, 0) is 4.74 Å². The van der Waals surface area contributed by atoms with Crippen LogP contribution in [0, 0.1) is 0 Å². The predicted molar refractivity (Wildman–Crippen MR) is 104 cm³/mol. The van der Waals surface area contributed by atoms with Crippen molar-refractivity contribution in [1.82, 2.24) is 30.5 Å². The highest BCUT2D eigenvalue weighted by molar-refractivity contribution is 5.87. The van der Waals surface area contributed by atoms with Gasteiger partial charge in [-0.3, -0.25) is 5.10 Å². The van der Waals surface area contributed by atoms with E-state index in [-0.39, 0.29) is 24.2 Å². The first-order valence-electron chi connectivity index (χ1n) is 9.43. The number of hydrogen-bond donors (Lipinski definition) is 3. The molecule has 4 rings (SSSR count). The minimum absolute atomic E-state index is 0.0685. The van der Waals surface area contributed by atoms with Crippen molar-refractivity contribution >= 4 is 28.8 Å². The molecule has 3 aromatic heterocycles. The van der Waals surface area contributed by atoms with Crippen LogP contribution in [0.4, 0.5) is 16.4 Å². The Morgan fingerprint density at radius 3 is 3.04 bits per heavy atom. The second-order valence-electron chi connectivity index (χ2n) is 7.27. The summed E-state index contributed by atoms with van der Waals surface area (Å²) in [5.41, 5.74) is 1.65. The van der Waals surface area contributed by atoms with E-state index >= 15 is 0 Å². The lowest BCUT2D eigenvalue weighted by Crippen LogP contribution is -2.33. The van der Waals surface area contributed by atoms with Crippen LogP contribution in [-0.4, -0.2) is 43.4 Å². The maximum absolute atomic E-state index is 11.8. The Bertz CT molecular complexity index is 966. The van der Waals surface area contributed by atoms with Crippen LogP contribution in [0.25, 0.3) is 11.0 Å². The molecule has 1 saturated carbocycles. The van der Waals surface area contributed by atoms with E-state index in [9.17, 15) is 4.79 Å². The Kier molecular flexibility index (Phi) is 5.05. The van der Waals surface area contributed by atoms with Crippen molar-refractivity contribution in [3.8, 4) is 0 Å². The van der Waals surface area contributed by atoms with Gasteiger partial charge in [0.05, 0.1) is 5.39 Å². The van der Waals surface area contributed by atoms with Crippen LogP contribution in [0.2, 0.25) is 0 Å². The summed E-state index contributed by atoms with van der Waals surface area (Å²) in [6.07, 6.45) is 5.34. The molecule has 2 atom stereocenters. The van der Waals surface area contributed by atoms with Crippen molar-refractivity contribution in [3.63, 3.8) is 0 Å². The molecule has 146 valence electrons. The highest BCUT2D eigenvalue weighted by atomic mass is 16.6. The Hall–Kier alpha value is -3.23. The normalized spacial score (nSPS) is 19.1. The van der Waals surface area contributed by atoms with Crippen LogP contribution >= 0.6 is 0 Å². The highest BCUT2D eigenvalue weighted by Gasteiger charge is 2.30. The van der Waals surface area contributed by atoms with Crippen LogP contribution in [0.3, 0.4) is 0 Å². The van der Waals surface area contributed by atoms with E-state index in [0.29, 0.717) is 17.3 Å². The quantitative estimate of drug-likeness (QED) is 0.621. The molecule has 0 bridgehead atoms. The second-order valence-corrected chi connectivity index (χ2v) is 7.27. The Morgan fingerprint density at radius 1 is 1.29 bits per heavy atom. The van der Waals surface area contributed by atoms with Gasteiger partial charge in [-0.1, -0.05) is 0 Å². The molecule has 0 aliphatic heterocycles. The topological polar surface area (TPSA) is 118 Å². The minimum atomic E-state index is -0.350. The fraction of sp³-hybridized carbons (Fsp3) is 0.421. The Balaban J connectivity index is 1.40. The third-order valence-electron chi connectivity index (χ3n) is 4.76. The number of alkyl carbamates (subject to hydrolysis) is 1. The Labute approximate surface area is 162 Å². The molecule has 0 saturated heterocycles. The van der Waals surface area contributed by atoms with Crippen LogP contribution in [0.15, 0.2) is 30.7 Å². The van der Waals surface area contributed by atoms with Gasteiger partial charge in [0, 0.05) is 29.9 Å². The largest absolute Gasteiger partial charge is 0.446 e. The first-order chi connectivity index (χ1) is 13.6. The fourth-order valence-electron chi connectivity index (χ4n) is 3.48. The summed E-state index contributed by atoms with van der Waals surface area (Å²) < 4.78 is 5.50. The number of aromatic amines is 1. The number of carbonyl (C=O) groups is 1. The first kappa shape index (κ1) is 18.1. The van der Waals surface area contributed by atoms with Gasteiger partial charge < -0.3 is 15.4 Å². The van der Waals surface area contributed by atoms with Crippen molar-refractivity contribution in [1.29, 1.82) is 0 Å². The van der Waals surface area contributed by atoms with Crippen molar-refractivity contribution in [3.05, 3.63) is 36.4 Å². The van der Waals surface area contributed by atoms with Crippen molar-refractivity contribution in [2.75, 3.05) is 5.32 Å². The zero-order valence-corrected chi connectivity index (χ0v) is 15.8. The number of amides is 1. The molecule has 9 nitrogen and oxygen atoms in total. The number of H-pyrrole nitrogens is 1. The number of ether oxygens (including phenoxy) is 1. The molecule has 0 unspecified atom stereocenters. The number of carbonyl (C=O) groups excluding carboxylic acids is 1. The molecule has 3 aromatic rings. The zero-order valence-electron chi connectivity index (χ0n) is 15.8. The van der Waals surface area contributed by atoms with E-state index in [1.54, 1.807) is 6.20 Å². The van der Waals surface area contributed by atoms with Gasteiger partial charge in [-0.15, -0.1) is 0 Å². The maximum Gasteiger partial charge on any atom is 0.407 e. The van der Waals surface area contributed by atoms with Gasteiger partial charge >= 0.3 is 6.09 Å². The number of nitrogens with one attached hydrogen (secondary N) is 3. The number of anilines is 2. The van der Waals surface area contributed by atoms with Crippen LogP contribution < -0.4 is 10.6 Å². The highest BCUT2D eigenvalue weighted by Crippen LogP contribution is 2.36. The van der Waals surface area contributed by atoms with E-state index in [4.69, 9.17) is 4.74 Å². The van der Waals surface area contributed by atoms with Gasteiger partial charge in [0.1, 0.15) is 18.2 Å². The number of hydrogen-bond acceptors (Lipinski definition) is 7. The number of rotatable bonds is 5. The third kappa shape index (κ3) is 4.03. The predicted octanol–water partition coefficient (Wildman–Crippen LogP) is 3.26. The molecule has 3 N–H and O–H groups in total. The standard InChI is InChI=1S/C19H23N7O2/c1-11(2)23-19(27)28-13-6-5-12(8-13)15-9-16(26-25-15)24-18-14-4-3-7-20-17(14)21-10-22-18/h3-4,7,9-13H,5-6,8H2,1-2H3,(H,23,27)(H2,20,21,22,24,25,26)/t12-,13+/m1/s1. The molecule has 0 aromatic carbocycles. The summed E-state index contributed by atoms with van der Waals surface area (Å²) in [6.45, 7) is 3.82. The van der Waals surface area contributed by atoms with Crippen LogP contribution in [0.1, 0.15) is 44.7 Å². The second kappa shape index (κ2) is 7.79. The van der Waals surface area contributed by atoms with Gasteiger partial charge in [0.25, 0.3) is 0 Å². The summed E-state index contributed by atoms with van der Waals surface area (Å²) in [7, 11) is 0. The average molecular weight is 381 g/mol. The van der Waals surface area contributed by atoms with E-state index in [1.165, 1.54) is 6.33 Å². The molecule has 1 fully saturated rings. The molecule has 9 heteroatoms. The molecular weight excluding hydrogens is 358 g/mol. The molecule has 0 spiro atoms. The average Bonchev–Trinajstić information content (AvgIpc) is 3.31. The summed E-state index contributed by atoms with van der Waals surface area (Å²) in [4.78, 5) is 24.5. The van der Waals surface area contributed by atoms with Crippen molar-refractivity contribution in [2.45, 2.75) is 51.2 Å². The third-order valence-corrected chi connectivity index (χ3v) is 4.76. The van der Waals surface area contributed by atoms with E-state index in [1.807, 2.05) is 32.0 Å². The summed E-state index contributed by atoms with van der Waals surface area (Å²) in [5.74, 6) is 1.62. The number of nitrogens with zero attached hydrogens (tertiary/aromatic N) is 4. The van der Waals surface area contributed by atoms with Gasteiger partial charge in [-0.2, -0.15) is 5.10 Å². The van der Waals surface area contributed by atoms with E-state index in [0.717, 1.165) is 30.3 Å².